The van der Waals surface area contributed by atoms with E-state index in [1.807, 2.05) is 56.5 Å². The van der Waals surface area contributed by atoms with Crippen molar-refractivity contribution >= 4 is 28.2 Å². The number of benzene rings is 1. The van der Waals surface area contributed by atoms with Gasteiger partial charge in [-0.25, -0.2) is 9.18 Å². The van der Waals surface area contributed by atoms with Gasteiger partial charge in [0.05, 0.1) is 23.5 Å². The van der Waals surface area contributed by atoms with Gasteiger partial charge >= 0.3 is 5.97 Å². The van der Waals surface area contributed by atoms with E-state index >= 15 is 0 Å². The van der Waals surface area contributed by atoms with Crippen molar-refractivity contribution in [2.45, 2.75) is 34.2 Å². The van der Waals surface area contributed by atoms with Crippen LogP contribution in [0.5, 0.6) is 0 Å². The van der Waals surface area contributed by atoms with E-state index in [1.165, 1.54) is 6.07 Å². The van der Waals surface area contributed by atoms with Crippen LogP contribution in [0.15, 0.2) is 36.7 Å². The summed E-state index contributed by atoms with van der Waals surface area (Å²) >= 11 is 0. The molecular formula is C23H31FN4O2. The van der Waals surface area contributed by atoms with Gasteiger partial charge in [0.15, 0.2) is 5.69 Å². The minimum Gasteiger partial charge on any atom is -0.461 e. The topological polar surface area (TPSA) is 59.4 Å². The van der Waals surface area contributed by atoms with Crippen LogP contribution in [-0.4, -0.2) is 47.7 Å². The summed E-state index contributed by atoms with van der Waals surface area (Å²) in [6, 6.07) is 6.79. The Morgan fingerprint density at radius 2 is 2.00 bits per heavy atom. The van der Waals surface area contributed by atoms with Crippen LogP contribution < -0.4 is 5.32 Å². The highest BCUT2D eigenvalue weighted by atomic mass is 19.1. The molecule has 0 spiro atoms. The standard InChI is InChI=1S/C21H25FN4O2.C2H6/c1-5-28-21(27)20-19(24-17-7-6-14(2)12-16(17)22)15-13-23-9-8-18(15)26(20)11-10-25(3)4;1-2/h6-9,12-13,24H,5,10-11H2,1-4H3;1-2H3. The van der Waals surface area contributed by atoms with Crippen LogP contribution >= 0.6 is 0 Å². The Bertz CT molecular complexity index is 998. The van der Waals surface area contributed by atoms with Gasteiger partial charge in [0.25, 0.3) is 0 Å². The van der Waals surface area contributed by atoms with Crippen molar-refractivity contribution in [3.8, 4) is 0 Å². The highest BCUT2D eigenvalue weighted by Crippen LogP contribution is 2.34. The SMILES string of the molecule is CC.CCOC(=O)c1c(Nc2ccc(C)cc2F)c2cnccc2n1CCN(C)C. The molecule has 6 nitrogen and oxygen atoms in total. The third-order valence-corrected chi connectivity index (χ3v) is 4.49. The third kappa shape index (κ3) is 5.16. The molecule has 0 fully saturated rings. The first-order valence-electron chi connectivity index (χ1n) is 10.2. The molecule has 0 saturated carbocycles. The van der Waals surface area contributed by atoms with Crippen molar-refractivity contribution in [1.82, 2.24) is 14.5 Å². The number of ether oxygens (including phenoxy) is 1. The normalized spacial score (nSPS) is 10.7. The van der Waals surface area contributed by atoms with Crippen LogP contribution in [-0.2, 0) is 11.3 Å². The molecule has 0 bridgehead atoms. The molecule has 0 aliphatic heterocycles. The third-order valence-electron chi connectivity index (χ3n) is 4.49. The molecule has 0 aliphatic carbocycles. The number of nitrogens with zero attached hydrogens (tertiary/aromatic N) is 3. The highest BCUT2D eigenvalue weighted by Gasteiger charge is 2.25. The van der Waals surface area contributed by atoms with E-state index in [2.05, 4.69) is 10.3 Å². The number of esters is 1. The zero-order valence-electron chi connectivity index (χ0n) is 18.6. The van der Waals surface area contributed by atoms with E-state index < -0.39 is 5.97 Å². The largest absolute Gasteiger partial charge is 0.461 e. The first kappa shape index (κ1) is 23.3. The molecule has 0 aliphatic rings. The number of aromatic nitrogens is 2. The molecule has 1 aromatic carbocycles. The van der Waals surface area contributed by atoms with Gasteiger partial charge in [0.2, 0.25) is 0 Å². The van der Waals surface area contributed by atoms with Crippen molar-refractivity contribution < 1.29 is 13.9 Å². The molecular weight excluding hydrogens is 383 g/mol. The van der Waals surface area contributed by atoms with Gasteiger partial charge in [-0.3, -0.25) is 4.98 Å². The number of carbonyl (C=O) groups is 1. The second-order valence-corrected chi connectivity index (χ2v) is 6.90. The van der Waals surface area contributed by atoms with Gasteiger partial charge in [-0.2, -0.15) is 0 Å². The Morgan fingerprint density at radius 1 is 1.27 bits per heavy atom. The number of hydrogen-bond acceptors (Lipinski definition) is 5. The van der Waals surface area contributed by atoms with Gasteiger partial charge < -0.3 is 19.5 Å². The molecule has 0 saturated heterocycles. The zero-order valence-corrected chi connectivity index (χ0v) is 18.6. The molecule has 0 unspecified atom stereocenters. The second-order valence-electron chi connectivity index (χ2n) is 6.90. The van der Waals surface area contributed by atoms with E-state index in [0.717, 1.165) is 23.0 Å². The molecule has 2 aromatic heterocycles. The summed E-state index contributed by atoms with van der Waals surface area (Å²) in [6.45, 7) is 9.16. The van der Waals surface area contributed by atoms with Crippen LogP contribution in [0.3, 0.4) is 0 Å². The average molecular weight is 415 g/mol. The molecule has 0 amide bonds. The fraction of sp³-hybridized carbons (Fsp3) is 0.391. The lowest BCUT2D eigenvalue weighted by Crippen LogP contribution is -2.21. The number of hydrogen-bond donors (Lipinski definition) is 1. The molecule has 162 valence electrons. The quantitative estimate of drug-likeness (QED) is 0.552. The summed E-state index contributed by atoms with van der Waals surface area (Å²) in [5.41, 5.74) is 2.83. The van der Waals surface area contributed by atoms with Crippen LogP contribution in [0.1, 0.15) is 36.8 Å². The minimum absolute atomic E-state index is 0.255. The molecule has 0 radical (unpaired) electrons. The Hall–Kier alpha value is -2.93. The maximum absolute atomic E-state index is 14.5. The van der Waals surface area contributed by atoms with Crippen LogP contribution in [0.25, 0.3) is 10.9 Å². The number of likely N-dealkylation sites (N-methyl/N-ethyl adjacent to an activating group) is 1. The number of rotatable bonds is 7. The average Bonchev–Trinajstić information content (AvgIpc) is 3.03. The van der Waals surface area contributed by atoms with Crippen molar-refractivity contribution in [2.75, 3.05) is 32.6 Å². The number of halogens is 1. The number of pyridine rings is 1. The lowest BCUT2D eigenvalue weighted by Gasteiger charge is -2.15. The van der Waals surface area contributed by atoms with Gasteiger partial charge in [-0.15, -0.1) is 0 Å². The van der Waals surface area contributed by atoms with Crippen molar-refractivity contribution in [2.24, 2.45) is 0 Å². The van der Waals surface area contributed by atoms with Gasteiger partial charge in [-0.1, -0.05) is 19.9 Å². The Morgan fingerprint density at radius 3 is 2.63 bits per heavy atom. The lowest BCUT2D eigenvalue weighted by atomic mass is 10.2. The molecule has 3 rings (SSSR count). The van der Waals surface area contributed by atoms with E-state index in [9.17, 15) is 9.18 Å². The molecule has 2 heterocycles. The van der Waals surface area contributed by atoms with Crippen LogP contribution in [0.2, 0.25) is 0 Å². The highest BCUT2D eigenvalue weighted by molar-refractivity contribution is 6.07. The lowest BCUT2D eigenvalue weighted by molar-refractivity contribution is 0.0515. The predicted octanol–water partition coefficient (Wildman–Crippen LogP) is 4.99. The van der Waals surface area contributed by atoms with Crippen LogP contribution in [0.4, 0.5) is 15.8 Å². The van der Waals surface area contributed by atoms with Gasteiger partial charge in [0.1, 0.15) is 5.82 Å². The predicted molar refractivity (Wildman–Crippen MR) is 120 cm³/mol. The number of aryl methyl sites for hydroxylation is 1. The Labute approximate surface area is 177 Å². The fourth-order valence-electron chi connectivity index (χ4n) is 3.12. The van der Waals surface area contributed by atoms with E-state index in [1.54, 1.807) is 25.4 Å². The molecule has 3 aromatic rings. The van der Waals surface area contributed by atoms with E-state index in [-0.39, 0.29) is 12.4 Å². The minimum atomic E-state index is -0.451. The van der Waals surface area contributed by atoms with Crippen molar-refractivity contribution in [1.29, 1.82) is 0 Å². The molecule has 7 heteroatoms. The first-order valence-corrected chi connectivity index (χ1v) is 10.2. The van der Waals surface area contributed by atoms with Gasteiger partial charge in [-0.05, 0) is 51.7 Å². The number of anilines is 2. The van der Waals surface area contributed by atoms with Crippen LogP contribution in [0, 0.1) is 12.7 Å². The Balaban J connectivity index is 0.00000155. The monoisotopic (exact) mass is 414 g/mol. The second kappa shape index (κ2) is 10.7. The summed E-state index contributed by atoms with van der Waals surface area (Å²) in [4.78, 5) is 19.1. The smallest absolute Gasteiger partial charge is 0.357 e. The molecule has 30 heavy (non-hydrogen) atoms. The summed E-state index contributed by atoms with van der Waals surface area (Å²) in [5, 5.41) is 3.85. The fourth-order valence-corrected chi connectivity index (χ4v) is 3.12. The Kier molecular flexibility index (Phi) is 8.35. The van der Waals surface area contributed by atoms with E-state index in [4.69, 9.17) is 4.74 Å². The number of fused-ring (bicyclic) bond motifs is 1. The summed E-state index contributed by atoms with van der Waals surface area (Å²) in [7, 11) is 3.94. The van der Waals surface area contributed by atoms with E-state index in [0.29, 0.717) is 23.6 Å². The first-order chi connectivity index (χ1) is 14.4. The number of carbonyl (C=O) groups excluding carboxylic acids is 1. The number of nitrogens with one attached hydrogen (secondary N) is 1. The maximum atomic E-state index is 14.5. The molecule has 0 atom stereocenters. The van der Waals surface area contributed by atoms with Crippen molar-refractivity contribution in [3.05, 3.63) is 53.7 Å². The maximum Gasteiger partial charge on any atom is 0.357 e. The zero-order chi connectivity index (χ0) is 22.3. The summed E-state index contributed by atoms with van der Waals surface area (Å²) in [5.74, 6) is -0.833. The van der Waals surface area contributed by atoms with Crippen molar-refractivity contribution in [3.63, 3.8) is 0 Å². The van der Waals surface area contributed by atoms with Gasteiger partial charge in [0, 0.05) is 30.9 Å². The molecule has 1 N–H and O–H groups in total. The summed E-state index contributed by atoms with van der Waals surface area (Å²) < 4.78 is 21.7. The summed E-state index contributed by atoms with van der Waals surface area (Å²) in [6.07, 6.45) is 3.36.